The van der Waals surface area contributed by atoms with Gasteiger partial charge >= 0.3 is 5.97 Å². The maximum absolute atomic E-state index is 12.5. The predicted molar refractivity (Wildman–Crippen MR) is 93.9 cm³/mol. The predicted octanol–water partition coefficient (Wildman–Crippen LogP) is 1.47. The lowest BCUT2D eigenvalue weighted by atomic mass is 9.81. The fourth-order valence-electron chi connectivity index (χ4n) is 3.58. The summed E-state index contributed by atoms with van der Waals surface area (Å²) in [5.74, 6) is -2.35. The summed E-state index contributed by atoms with van der Waals surface area (Å²) in [5, 5.41) is 4.56. The summed E-state index contributed by atoms with van der Waals surface area (Å²) >= 11 is 1.52. The third-order valence-electron chi connectivity index (χ3n) is 4.99. The molecule has 3 rings (SSSR count). The number of rotatable bonds is 6. The SMILES string of the molecule is C[C@@H](C(=O)OCC(=O)NCc1cccs1)N1C(=O)C2CCCCC2C1=O. The third kappa shape index (κ3) is 3.80. The van der Waals surface area contributed by atoms with Crippen molar-refractivity contribution in [3.05, 3.63) is 22.4 Å². The molecule has 2 fully saturated rings. The number of fused-ring (bicyclic) bond motifs is 1. The van der Waals surface area contributed by atoms with Gasteiger partial charge in [0.25, 0.3) is 5.91 Å². The highest BCUT2D eigenvalue weighted by Crippen LogP contribution is 2.38. The molecule has 1 aliphatic carbocycles. The molecule has 2 aliphatic rings. The van der Waals surface area contributed by atoms with E-state index in [2.05, 4.69) is 5.32 Å². The summed E-state index contributed by atoms with van der Waals surface area (Å²) in [7, 11) is 0. The van der Waals surface area contributed by atoms with Crippen molar-refractivity contribution in [1.82, 2.24) is 10.2 Å². The number of thiophene rings is 1. The van der Waals surface area contributed by atoms with Crippen LogP contribution in [0.2, 0.25) is 0 Å². The Kier molecular flexibility index (Phi) is 5.70. The number of esters is 1. The Balaban J connectivity index is 1.50. The van der Waals surface area contributed by atoms with Gasteiger partial charge in [0, 0.05) is 4.88 Å². The fraction of sp³-hybridized carbons (Fsp3) is 0.556. The Morgan fingerprint density at radius 3 is 2.50 bits per heavy atom. The number of hydrogen-bond donors (Lipinski definition) is 1. The molecular formula is C18H22N2O5S. The molecule has 2 unspecified atom stereocenters. The van der Waals surface area contributed by atoms with Crippen molar-refractivity contribution in [3.63, 3.8) is 0 Å². The molecule has 1 aromatic rings. The van der Waals surface area contributed by atoms with Crippen LogP contribution in [0.3, 0.4) is 0 Å². The van der Waals surface area contributed by atoms with Crippen molar-refractivity contribution in [3.8, 4) is 0 Å². The Labute approximate surface area is 155 Å². The smallest absolute Gasteiger partial charge is 0.329 e. The highest BCUT2D eigenvalue weighted by molar-refractivity contribution is 7.09. The van der Waals surface area contributed by atoms with Crippen molar-refractivity contribution < 1.29 is 23.9 Å². The minimum Gasteiger partial charge on any atom is -0.454 e. The number of likely N-dealkylation sites (tertiary alicyclic amines) is 1. The van der Waals surface area contributed by atoms with Crippen molar-refractivity contribution in [2.75, 3.05) is 6.61 Å². The number of carbonyl (C=O) groups is 4. The summed E-state index contributed by atoms with van der Waals surface area (Å²) in [6.07, 6.45) is 3.24. The lowest BCUT2D eigenvalue weighted by molar-refractivity contribution is -0.159. The number of hydrogen-bond acceptors (Lipinski definition) is 6. The summed E-state index contributed by atoms with van der Waals surface area (Å²) < 4.78 is 5.00. The molecule has 1 saturated carbocycles. The van der Waals surface area contributed by atoms with E-state index >= 15 is 0 Å². The second kappa shape index (κ2) is 7.99. The maximum Gasteiger partial charge on any atom is 0.329 e. The third-order valence-corrected chi connectivity index (χ3v) is 5.87. The average Bonchev–Trinajstić information content (AvgIpc) is 3.25. The molecule has 3 atom stereocenters. The second-order valence-electron chi connectivity index (χ2n) is 6.68. The van der Waals surface area contributed by atoms with Crippen molar-refractivity contribution >= 4 is 35.0 Å². The van der Waals surface area contributed by atoms with Gasteiger partial charge in [0.05, 0.1) is 18.4 Å². The van der Waals surface area contributed by atoms with Gasteiger partial charge in [-0.25, -0.2) is 4.79 Å². The number of amides is 3. The minimum absolute atomic E-state index is 0.286. The molecule has 2 heterocycles. The zero-order valence-electron chi connectivity index (χ0n) is 14.6. The number of imide groups is 1. The zero-order chi connectivity index (χ0) is 18.7. The van der Waals surface area contributed by atoms with Crippen LogP contribution in [0.25, 0.3) is 0 Å². The number of nitrogens with one attached hydrogen (secondary N) is 1. The monoisotopic (exact) mass is 378 g/mol. The van der Waals surface area contributed by atoms with Crippen molar-refractivity contribution in [2.45, 2.75) is 45.2 Å². The zero-order valence-corrected chi connectivity index (χ0v) is 15.4. The first-order chi connectivity index (χ1) is 12.5. The van der Waals surface area contributed by atoms with Crippen LogP contribution in [0.5, 0.6) is 0 Å². The van der Waals surface area contributed by atoms with Crippen molar-refractivity contribution in [2.24, 2.45) is 11.8 Å². The van der Waals surface area contributed by atoms with Crippen molar-refractivity contribution in [1.29, 1.82) is 0 Å². The summed E-state index contributed by atoms with van der Waals surface area (Å²) in [4.78, 5) is 51.0. The topological polar surface area (TPSA) is 92.8 Å². The Morgan fingerprint density at radius 2 is 1.92 bits per heavy atom. The maximum atomic E-state index is 12.5. The Morgan fingerprint density at radius 1 is 1.27 bits per heavy atom. The number of ether oxygens (including phenoxy) is 1. The van der Waals surface area contributed by atoms with Gasteiger partial charge in [0.15, 0.2) is 6.61 Å². The number of nitrogens with zero attached hydrogens (tertiary/aromatic N) is 1. The summed E-state index contributed by atoms with van der Waals surface area (Å²) in [6.45, 7) is 1.41. The molecule has 7 nitrogen and oxygen atoms in total. The van der Waals surface area contributed by atoms with Gasteiger partial charge in [-0.15, -0.1) is 11.3 Å². The molecule has 1 N–H and O–H groups in total. The fourth-order valence-corrected chi connectivity index (χ4v) is 4.23. The molecule has 1 aliphatic heterocycles. The molecule has 0 aromatic carbocycles. The van der Waals surface area contributed by atoms with Crippen LogP contribution < -0.4 is 5.32 Å². The first-order valence-electron chi connectivity index (χ1n) is 8.81. The standard InChI is InChI=1S/C18H22N2O5S/c1-11(20-16(22)13-6-2-3-7-14(13)17(20)23)18(24)25-10-15(21)19-9-12-5-4-8-26-12/h4-5,8,11,13-14H,2-3,6-7,9-10H2,1H3,(H,19,21)/t11-,13?,14?/m0/s1. The molecular weight excluding hydrogens is 356 g/mol. The van der Waals surface area contributed by atoms with E-state index < -0.39 is 24.5 Å². The Hall–Kier alpha value is -2.22. The molecule has 8 heteroatoms. The molecule has 1 aromatic heterocycles. The average molecular weight is 378 g/mol. The van der Waals surface area contributed by atoms with E-state index in [4.69, 9.17) is 4.74 Å². The van der Waals surface area contributed by atoms with E-state index in [9.17, 15) is 19.2 Å². The highest BCUT2D eigenvalue weighted by Gasteiger charge is 2.51. The molecule has 1 saturated heterocycles. The number of carbonyl (C=O) groups excluding carboxylic acids is 4. The van der Waals surface area contributed by atoms with Gasteiger partial charge in [0.1, 0.15) is 6.04 Å². The lowest BCUT2D eigenvalue weighted by Crippen LogP contribution is -2.45. The van der Waals surface area contributed by atoms with Crippen LogP contribution in [0.15, 0.2) is 17.5 Å². The molecule has 0 spiro atoms. The molecule has 3 amide bonds. The van der Waals surface area contributed by atoms with Crippen LogP contribution in [0.4, 0.5) is 0 Å². The van der Waals surface area contributed by atoms with E-state index in [1.54, 1.807) is 0 Å². The molecule has 0 radical (unpaired) electrons. The van der Waals surface area contributed by atoms with E-state index in [1.807, 2.05) is 17.5 Å². The van der Waals surface area contributed by atoms with Gasteiger partial charge in [-0.3, -0.25) is 19.3 Å². The van der Waals surface area contributed by atoms with E-state index in [0.717, 1.165) is 22.6 Å². The normalized spacial score (nSPS) is 23.5. The molecule has 140 valence electrons. The molecule has 0 bridgehead atoms. The van der Waals surface area contributed by atoms with Gasteiger partial charge in [-0.1, -0.05) is 18.9 Å². The Bertz CT molecular complexity index is 678. The van der Waals surface area contributed by atoms with Gasteiger partial charge < -0.3 is 10.1 Å². The van der Waals surface area contributed by atoms with E-state index in [1.165, 1.54) is 18.3 Å². The molecule has 26 heavy (non-hydrogen) atoms. The van der Waals surface area contributed by atoms with E-state index in [-0.39, 0.29) is 23.7 Å². The first-order valence-corrected chi connectivity index (χ1v) is 9.69. The van der Waals surface area contributed by atoms with Crippen LogP contribution in [0.1, 0.15) is 37.5 Å². The van der Waals surface area contributed by atoms with Gasteiger partial charge in [-0.2, -0.15) is 0 Å². The largest absolute Gasteiger partial charge is 0.454 e. The highest BCUT2D eigenvalue weighted by atomic mass is 32.1. The lowest BCUT2D eigenvalue weighted by Gasteiger charge is -2.21. The first kappa shape index (κ1) is 18.6. The van der Waals surface area contributed by atoms with Crippen LogP contribution in [-0.2, 0) is 30.5 Å². The quantitative estimate of drug-likeness (QED) is 0.598. The van der Waals surface area contributed by atoms with Crippen LogP contribution in [-0.4, -0.2) is 41.2 Å². The summed E-state index contributed by atoms with van der Waals surface area (Å²) in [5.41, 5.74) is 0. The van der Waals surface area contributed by atoms with Gasteiger partial charge in [-0.05, 0) is 31.2 Å². The minimum atomic E-state index is -1.01. The second-order valence-corrected chi connectivity index (χ2v) is 7.72. The van der Waals surface area contributed by atoms with Gasteiger partial charge in [0.2, 0.25) is 11.8 Å². The van der Waals surface area contributed by atoms with Crippen LogP contribution >= 0.6 is 11.3 Å². The summed E-state index contributed by atoms with van der Waals surface area (Å²) in [6, 6.07) is 2.77. The van der Waals surface area contributed by atoms with Crippen LogP contribution in [0, 0.1) is 11.8 Å². The van der Waals surface area contributed by atoms with E-state index in [0.29, 0.717) is 19.4 Å².